The number of anilines is 2. The Labute approximate surface area is 167 Å². The molecular formula is C22H30N4O2. The second kappa shape index (κ2) is 9.04. The van der Waals surface area contributed by atoms with Crippen LogP contribution in [0.15, 0.2) is 30.3 Å². The topological polar surface area (TPSA) is 67.4 Å². The zero-order chi connectivity index (χ0) is 20.1. The summed E-state index contributed by atoms with van der Waals surface area (Å²) in [5, 5.41) is 2.94. The molecule has 2 aromatic rings. The quantitative estimate of drug-likeness (QED) is 0.791. The summed E-state index contributed by atoms with van der Waals surface area (Å²) in [5.41, 5.74) is 1.81. The first-order valence-corrected chi connectivity index (χ1v) is 10.2. The number of carbonyl (C=O) groups excluding carboxylic acids is 1. The minimum atomic E-state index is -0.253. The van der Waals surface area contributed by atoms with Crippen LogP contribution in [0.25, 0.3) is 0 Å². The van der Waals surface area contributed by atoms with E-state index in [9.17, 15) is 4.79 Å². The summed E-state index contributed by atoms with van der Waals surface area (Å²) >= 11 is 0. The number of rotatable bonds is 6. The monoisotopic (exact) mass is 382 g/mol. The van der Waals surface area contributed by atoms with E-state index in [1.54, 1.807) is 6.07 Å². The van der Waals surface area contributed by atoms with Crippen LogP contribution in [0.4, 0.5) is 11.6 Å². The fourth-order valence-electron chi connectivity index (χ4n) is 3.60. The zero-order valence-electron chi connectivity index (χ0n) is 17.2. The smallest absolute Gasteiger partial charge is 0.274 e. The minimum Gasteiger partial charge on any atom is -0.489 e. The number of nitrogens with zero attached hydrogens (tertiary/aromatic N) is 3. The van der Waals surface area contributed by atoms with Crippen molar-refractivity contribution in [2.45, 2.75) is 65.5 Å². The summed E-state index contributed by atoms with van der Waals surface area (Å²) in [6, 6.07) is 9.62. The van der Waals surface area contributed by atoms with Gasteiger partial charge < -0.3 is 15.0 Å². The predicted octanol–water partition coefficient (Wildman–Crippen LogP) is 4.59. The summed E-state index contributed by atoms with van der Waals surface area (Å²) in [6.45, 7) is 8.96. The van der Waals surface area contributed by atoms with Crippen molar-refractivity contribution in [3.63, 3.8) is 0 Å². The second-order valence-corrected chi connectivity index (χ2v) is 7.56. The molecule has 1 unspecified atom stereocenters. The van der Waals surface area contributed by atoms with E-state index >= 15 is 0 Å². The van der Waals surface area contributed by atoms with Gasteiger partial charge in [0, 0.05) is 18.3 Å². The third kappa shape index (κ3) is 4.80. The summed E-state index contributed by atoms with van der Waals surface area (Å²) in [7, 11) is 0. The van der Waals surface area contributed by atoms with Crippen LogP contribution in [0.3, 0.4) is 0 Å². The van der Waals surface area contributed by atoms with Crippen LogP contribution in [0.2, 0.25) is 0 Å². The number of aromatic nitrogens is 2. The SMILES string of the molecule is CCC1CCCCN1c1nc(C)cc(C(=O)Nc2ccccc2OC(C)C)n1. The van der Waals surface area contributed by atoms with Gasteiger partial charge >= 0.3 is 0 Å². The molecule has 150 valence electrons. The molecule has 0 saturated carbocycles. The highest BCUT2D eigenvalue weighted by atomic mass is 16.5. The largest absolute Gasteiger partial charge is 0.489 e. The van der Waals surface area contributed by atoms with Crippen LogP contribution in [0.5, 0.6) is 5.75 Å². The number of carbonyl (C=O) groups is 1. The molecule has 1 atom stereocenters. The first-order valence-electron chi connectivity index (χ1n) is 10.2. The molecule has 3 rings (SSSR count). The molecule has 1 saturated heterocycles. The Hall–Kier alpha value is -2.63. The number of benzene rings is 1. The van der Waals surface area contributed by atoms with Crippen molar-refractivity contribution in [1.82, 2.24) is 9.97 Å². The van der Waals surface area contributed by atoms with Crippen molar-refractivity contribution in [1.29, 1.82) is 0 Å². The van der Waals surface area contributed by atoms with Crippen molar-refractivity contribution >= 4 is 17.5 Å². The summed E-state index contributed by atoms with van der Waals surface area (Å²) < 4.78 is 5.80. The van der Waals surface area contributed by atoms with Crippen LogP contribution in [0.1, 0.15) is 62.6 Å². The molecule has 6 nitrogen and oxygen atoms in total. The Kier molecular flexibility index (Phi) is 6.49. The number of ether oxygens (including phenoxy) is 1. The Morgan fingerprint density at radius 1 is 1.29 bits per heavy atom. The van der Waals surface area contributed by atoms with Gasteiger partial charge in [0.1, 0.15) is 11.4 Å². The van der Waals surface area contributed by atoms with Gasteiger partial charge in [-0.1, -0.05) is 19.1 Å². The zero-order valence-corrected chi connectivity index (χ0v) is 17.2. The Bertz CT molecular complexity index is 822. The summed E-state index contributed by atoms with van der Waals surface area (Å²) in [4.78, 5) is 24.4. The van der Waals surface area contributed by atoms with Crippen LogP contribution < -0.4 is 15.0 Å². The van der Waals surface area contributed by atoms with Crippen molar-refractivity contribution in [3.05, 3.63) is 41.7 Å². The predicted molar refractivity (Wildman–Crippen MR) is 112 cm³/mol. The number of amides is 1. The maximum atomic E-state index is 12.9. The summed E-state index contributed by atoms with van der Waals surface area (Å²) in [6.07, 6.45) is 4.60. The van der Waals surface area contributed by atoms with E-state index < -0.39 is 0 Å². The van der Waals surface area contributed by atoms with Crippen molar-refractivity contribution in [3.8, 4) is 5.75 Å². The third-order valence-corrected chi connectivity index (χ3v) is 4.93. The average Bonchev–Trinajstić information content (AvgIpc) is 2.68. The van der Waals surface area contributed by atoms with E-state index in [-0.39, 0.29) is 12.0 Å². The van der Waals surface area contributed by atoms with Crippen LogP contribution >= 0.6 is 0 Å². The number of hydrogen-bond acceptors (Lipinski definition) is 5. The molecule has 2 heterocycles. The molecule has 6 heteroatoms. The van der Waals surface area contributed by atoms with E-state index in [1.165, 1.54) is 6.42 Å². The van der Waals surface area contributed by atoms with Crippen LogP contribution in [-0.2, 0) is 0 Å². The van der Waals surface area contributed by atoms with Crippen LogP contribution in [0, 0.1) is 6.92 Å². The molecule has 0 bridgehead atoms. The van der Waals surface area contributed by atoms with Gasteiger partial charge in [0.15, 0.2) is 0 Å². The van der Waals surface area contributed by atoms with Gasteiger partial charge in [-0.25, -0.2) is 9.97 Å². The highest BCUT2D eigenvalue weighted by molar-refractivity contribution is 6.03. The number of piperidine rings is 1. The van der Waals surface area contributed by atoms with Gasteiger partial charge in [-0.2, -0.15) is 0 Å². The molecule has 0 aliphatic carbocycles. The lowest BCUT2D eigenvalue weighted by Gasteiger charge is -2.35. The number of para-hydroxylation sites is 2. The lowest BCUT2D eigenvalue weighted by Crippen LogP contribution is -2.40. The first kappa shape index (κ1) is 20.1. The van der Waals surface area contributed by atoms with E-state index in [1.807, 2.05) is 45.0 Å². The first-order chi connectivity index (χ1) is 13.5. The normalized spacial score (nSPS) is 16.9. The second-order valence-electron chi connectivity index (χ2n) is 7.56. The standard InChI is InChI=1S/C22H30N4O2/c1-5-17-10-8-9-13-26(17)22-23-16(4)14-19(25-22)21(27)24-18-11-6-7-12-20(18)28-15(2)3/h6-7,11-12,14-15,17H,5,8-10,13H2,1-4H3,(H,24,27). The number of hydrogen-bond donors (Lipinski definition) is 1. The third-order valence-electron chi connectivity index (χ3n) is 4.93. The summed E-state index contributed by atoms with van der Waals surface area (Å²) in [5.74, 6) is 1.05. The molecular weight excluding hydrogens is 352 g/mol. The van der Waals surface area contributed by atoms with Gasteiger partial charge in [-0.15, -0.1) is 0 Å². The highest BCUT2D eigenvalue weighted by Crippen LogP contribution is 2.27. The molecule has 28 heavy (non-hydrogen) atoms. The van der Waals surface area contributed by atoms with Gasteiger partial charge in [0.05, 0.1) is 11.8 Å². The van der Waals surface area contributed by atoms with Crippen molar-refractivity contribution in [2.24, 2.45) is 0 Å². The maximum absolute atomic E-state index is 12.9. The van der Waals surface area contributed by atoms with E-state index in [0.717, 1.165) is 31.5 Å². The van der Waals surface area contributed by atoms with Gasteiger partial charge in [0.2, 0.25) is 5.95 Å². The van der Waals surface area contributed by atoms with Crippen LogP contribution in [-0.4, -0.2) is 34.6 Å². The molecule has 1 aromatic heterocycles. The average molecular weight is 383 g/mol. The molecule has 1 aliphatic heterocycles. The lowest BCUT2D eigenvalue weighted by atomic mass is 10.0. The molecule has 1 amide bonds. The minimum absolute atomic E-state index is 0.0241. The molecule has 1 fully saturated rings. The molecule has 1 aromatic carbocycles. The molecule has 1 aliphatic rings. The fraction of sp³-hybridized carbons (Fsp3) is 0.500. The van der Waals surface area contributed by atoms with E-state index in [0.29, 0.717) is 29.1 Å². The Morgan fingerprint density at radius 3 is 2.82 bits per heavy atom. The Morgan fingerprint density at radius 2 is 2.07 bits per heavy atom. The maximum Gasteiger partial charge on any atom is 0.274 e. The van der Waals surface area contributed by atoms with Crippen molar-refractivity contribution < 1.29 is 9.53 Å². The fourth-order valence-corrected chi connectivity index (χ4v) is 3.60. The Balaban J connectivity index is 1.84. The lowest BCUT2D eigenvalue weighted by molar-refractivity contribution is 0.102. The van der Waals surface area contributed by atoms with Gasteiger partial charge in [-0.3, -0.25) is 4.79 Å². The highest BCUT2D eigenvalue weighted by Gasteiger charge is 2.24. The van der Waals surface area contributed by atoms with Crippen molar-refractivity contribution in [2.75, 3.05) is 16.8 Å². The molecule has 0 radical (unpaired) electrons. The molecule has 0 spiro atoms. The van der Waals surface area contributed by atoms with Gasteiger partial charge in [-0.05, 0) is 64.7 Å². The molecule has 1 N–H and O–H groups in total. The van der Waals surface area contributed by atoms with E-state index in [2.05, 4.69) is 27.1 Å². The number of aryl methyl sites for hydroxylation is 1. The van der Waals surface area contributed by atoms with Gasteiger partial charge in [0.25, 0.3) is 5.91 Å². The van der Waals surface area contributed by atoms with E-state index in [4.69, 9.17) is 4.74 Å². The number of nitrogens with one attached hydrogen (secondary N) is 1.